The molecule has 0 unspecified atom stereocenters. The topological polar surface area (TPSA) is 68.1 Å². The zero-order valence-electron chi connectivity index (χ0n) is 38.9. The summed E-state index contributed by atoms with van der Waals surface area (Å²) in [5, 5.41) is 2.39. The molecule has 4 aromatic rings. The third kappa shape index (κ3) is 9.79. The number of hydrogen-bond donors (Lipinski definition) is 1. The van der Waals surface area contributed by atoms with E-state index in [0.29, 0.717) is 18.2 Å². The Labute approximate surface area is 391 Å². The van der Waals surface area contributed by atoms with E-state index >= 15 is 0 Å². The molecule has 6 heteroatoms. The molecule has 0 saturated heterocycles. The minimum absolute atomic E-state index is 0.419. The Morgan fingerprint density at radius 2 is 1.70 bits per heavy atom. The molecule has 0 atom stereocenters. The zero-order chi connectivity index (χ0) is 46.0. The number of nitrogens with zero attached hydrogens (tertiary/aromatic N) is 4. The molecule has 3 aliphatic carbocycles. The van der Waals surface area contributed by atoms with E-state index in [1.807, 2.05) is 76.3 Å². The fourth-order valence-corrected chi connectivity index (χ4v) is 8.95. The summed E-state index contributed by atoms with van der Waals surface area (Å²) in [6.45, 7) is 18.0. The van der Waals surface area contributed by atoms with Gasteiger partial charge in [0, 0.05) is 27.7 Å². The summed E-state index contributed by atoms with van der Waals surface area (Å²) >= 11 is 0. The number of aliphatic imine (C=N–C) groups is 2. The average Bonchev–Trinajstić information content (AvgIpc) is 3.48. The highest BCUT2D eigenvalue weighted by Crippen LogP contribution is 2.42. The molecule has 8 rings (SSSR count). The predicted molar refractivity (Wildman–Crippen MR) is 282 cm³/mol. The van der Waals surface area contributed by atoms with Gasteiger partial charge in [-0.25, -0.2) is 4.99 Å². The third-order valence-corrected chi connectivity index (χ3v) is 12.4. The van der Waals surface area contributed by atoms with E-state index in [-0.39, 0.29) is 0 Å². The number of hydrogen-bond acceptors (Lipinski definition) is 3. The Hall–Kier alpha value is -7.44. The molecule has 4 aliphatic rings. The van der Waals surface area contributed by atoms with Gasteiger partial charge in [0.25, 0.3) is 0 Å². The van der Waals surface area contributed by atoms with Crippen LogP contribution < -0.4 is 5.73 Å². The lowest BCUT2D eigenvalue weighted by Gasteiger charge is -2.37. The maximum atomic E-state index is 6.61. The SMILES string of the molecule is C=C(/C=C1\C(=C/C)OC2=C(C=CCC=C2)N1C1=CC=CCC1)c1ccc2c(c1)c1c3c(ccc1n2C(=C)/C=C\C=C(/C)C(=NCC(/C=C\C)=C/C)N=C(N)c1ccccc1)CCCC/C=C\3. The van der Waals surface area contributed by atoms with E-state index in [1.165, 1.54) is 28.6 Å². The number of rotatable bonds is 11. The molecular formula is C60H61N5O. The van der Waals surface area contributed by atoms with Crippen LogP contribution in [0.2, 0.25) is 0 Å². The second-order valence-corrected chi connectivity index (χ2v) is 16.9. The highest BCUT2D eigenvalue weighted by molar-refractivity contribution is 6.15. The molecule has 0 fully saturated rings. The molecule has 1 aliphatic heterocycles. The van der Waals surface area contributed by atoms with Gasteiger partial charge in [0.1, 0.15) is 11.6 Å². The Morgan fingerprint density at radius 3 is 2.48 bits per heavy atom. The highest BCUT2D eigenvalue weighted by Gasteiger charge is 2.30. The first-order chi connectivity index (χ1) is 32.3. The van der Waals surface area contributed by atoms with E-state index in [2.05, 4.69) is 131 Å². The third-order valence-electron chi connectivity index (χ3n) is 12.4. The van der Waals surface area contributed by atoms with Gasteiger partial charge in [-0.3, -0.25) is 4.99 Å². The first-order valence-corrected chi connectivity index (χ1v) is 23.3. The first-order valence-electron chi connectivity index (χ1n) is 23.3. The van der Waals surface area contributed by atoms with Gasteiger partial charge in [-0.05, 0) is 161 Å². The van der Waals surface area contributed by atoms with Crippen LogP contribution in [0.4, 0.5) is 0 Å². The van der Waals surface area contributed by atoms with E-state index < -0.39 is 0 Å². The summed E-state index contributed by atoms with van der Waals surface area (Å²) in [4.78, 5) is 12.1. The smallest absolute Gasteiger partial charge is 0.152 e. The van der Waals surface area contributed by atoms with E-state index in [9.17, 15) is 0 Å². The van der Waals surface area contributed by atoms with Crippen LogP contribution in [0.5, 0.6) is 0 Å². The number of allylic oxidation sites excluding steroid dienone is 18. The molecule has 0 saturated carbocycles. The Kier molecular flexibility index (Phi) is 14.4. The predicted octanol–water partition coefficient (Wildman–Crippen LogP) is 14.9. The summed E-state index contributed by atoms with van der Waals surface area (Å²) in [7, 11) is 0. The lowest BCUT2D eigenvalue weighted by atomic mass is 9.93. The van der Waals surface area contributed by atoms with Gasteiger partial charge in [-0.1, -0.05) is 122 Å². The van der Waals surface area contributed by atoms with Crippen LogP contribution in [-0.2, 0) is 11.2 Å². The summed E-state index contributed by atoms with van der Waals surface area (Å²) in [5.41, 5.74) is 20.3. The minimum Gasteiger partial charge on any atom is -0.453 e. The fraction of sp³-hybridized carbons (Fsp3) is 0.200. The molecule has 2 heterocycles. The molecule has 1 aromatic heterocycles. The molecule has 3 aromatic carbocycles. The van der Waals surface area contributed by atoms with Crippen LogP contribution in [-0.4, -0.2) is 27.7 Å². The Bertz CT molecular complexity index is 3010. The summed E-state index contributed by atoms with van der Waals surface area (Å²) in [6.07, 6.45) is 43.7. The number of benzene rings is 3. The van der Waals surface area contributed by atoms with Gasteiger partial charge < -0.3 is 19.9 Å². The van der Waals surface area contributed by atoms with Crippen molar-refractivity contribution in [3.63, 3.8) is 0 Å². The standard InChI is InChI=1S/C60H61N5O/c1-7-24-45(8-2)41-62-60(63-59(61)47-28-16-12-17-29-47)42(4)25-23-26-44(6)64-52-37-36-48(40-51(52)58-50-32-20-11-10-15-27-46(50)35-38-54(58)64)43(5)39-55-56(9-3)66-57-34-22-14-21-33-53(57)65(55)49-30-18-13-19-31-49/h7-9,12-13,16-18,20-26,28-30,32-40H,5-6,10-11,14-15,19,27,31,41H2,1-4H3,(H2,61,62,63)/b24-7-,26-23-,32-20-,42-25+,45-8+,55-39+,56-9+. The van der Waals surface area contributed by atoms with Gasteiger partial charge >= 0.3 is 0 Å². The van der Waals surface area contributed by atoms with Crippen LogP contribution in [0.3, 0.4) is 0 Å². The number of amidine groups is 2. The number of aromatic nitrogens is 1. The maximum Gasteiger partial charge on any atom is 0.152 e. The van der Waals surface area contributed by atoms with Crippen molar-refractivity contribution in [2.45, 2.75) is 72.6 Å². The molecule has 0 bridgehead atoms. The Balaban J connectivity index is 1.20. The largest absolute Gasteiger partial charge is 0.453 e. The van der Waals surface area contributed by atoms with Crippen molar-refractivity contribution in [3.05, 3.63) is 233 Å². The highest BCUT2D eigenvalue weighted by atomic mass is 16.5. The van der Waals surface area contributed by atoms with Gasteiger partial charge in [-0.15, -0.1) is 0 Å². The molecule has 332 valence electrons. The van der Waals surface area contributed by atoms with Crippen molar-refractivity contribution < 1.29 is 4.74 Å². The second kappa shape index (κ2) is 21.0. The zero-order valence-corrected chi connectivity index (χ0v) is 38.9. The van der Waals surface area contributed by atoms with Crippen LogP contribution in [0, 0.1) is 0 Å². The monoisotopic (exact) mass is 867 g/mol. The van der Waals surface area contributed by atoms with Crippen molar-refractivity contribution in [3.8, 4) is 0 Å². The van der Waals surface area contributed by atoms with Crippen molar-refractivity contribution in [2.24, 2.45) is 15.7 Å². The van der Waals surface area contributed by atoms with E-state index in [1.54, 1.807) is 0 Å². The van der Waals surface area contributed by atoms with Crippen molar-refractivity contribution in [1.29, 1.82) is 0 Å². The fourth-order valence-electron chi connectivity index (χ4n) is 8.95. The second-order valence-electron chi connectivity index (χ2n) is 16.9. The summed E-state index contributed by atoms with van der Waals surface area (Å²) < 4.78 is 8.90. The number of nitrogens with two attached hydrogens (primary N) is 1. The van der Waals surface area contributed by atoms with E-state index in [0.717, 1.165) is 111 Å². The van der Waals surface area contributed by atoms with Crippen molar-refractivity contribution >= 4 is 50.8 Å². The van der Waals surface area contributed by atoms with Gasteiger partial charge in [0.05, 0.1) is 29.0 Å². The van der Waals surface area contributed by atoms with Crippen LogP contribution in [0.15, 0.2) is 221 Å². The molecule has 0 spiro atoms. The van der Waals surface area contributed by atoms with Gasteiger partial charge in [-0.2, -0.15) is 0 Å². The van der Waals surface area contributed by atoms with Crippen molar-refractivity contribution in [1.82, 2.24) is 9.47 Å². The number of fused-ring (bicyclic) bond motifs is 5. The van der Waals surface area contributed by atoms with Crippen LogP contribution in [0.25, 0.3) is 39.2 Å². The van der Waals surface area contributed by atoms with Crippen molar-refractivity contribution in [2.75, 3.05) is 6.54 Å². The lowest BCUT2D eigenvalue weighted by Crippen LogP contribution is -2.29. The molecule has 2 N–H and O–H groups in total. The average molecular weight is 868 g/mol. The number of aryl methyl sites for hydroxylation is 1. The lowest BCUT2D eigenvalue weighted by molar-refractivity contribution is 0.264. The van der Waals surface area contributed by atoms with Gasteiger partial charge in [0.2, 0.25) is 0 Å². The molecule has 66 heavy (non-hydrogen) atoms. The summed E-state index contributed by atoms with van der Waals surface area (Å²) in [6, 6.07) is 21.1. The van der Waals surface area contributed by atoms with Gasteiger partial charge in [0.15, 0.2) is 11.6 Å². The minimum atomic E-state index is 0.419. The van der Waals surface area contributed by atoms with Crippen LogP contribution >= 0.6 is 0 Å². The normalized spacial score (nSPS) is 19.1. The molecule has 0 radical (unpaired) electrons. The number of ether oxygens (including phenoxy) is 1. The molecular weight excluding hydrogens is 807 g/mol. The van der Waals surface area contributed by atoms with E-state index in [4.69, 9.17) is 27.0 Å². The Morgan fingerprint density at radius 1 is 0.864 bits per heavy atom. The first kappa shape index (κ1) is 45.1. The molecule has 0 amide bonds. The quantitative estimate of drug-likeness (QED) is 0.0927. The van der Waals surface area contributed by atoms with Crippen LogP contribution in [0.1, 0.15) is 88.5 Å². The maximum absolute atomic E-state index is 6.61. The molecule has 6 nitrogen and oxygen atoms in total. The summed E-state index contributed by atoms with van der Waals surface area (Å²) in [5.74, 6) is 2.66.